The van der Waals surface area contributed by atoms with Crippen LogP contribution in [0.4, 0.5) is 0 Å². The van der Waals surface area contributed by atoms with Gasteiger partial charge in [0.05, 0.1) is 17.3 Å². The van der Waals surface area contributed by atoms with Crippen LogP contribution in [0.2, 0.25) is 0 Å². The van der Waals surface area contributed by atoms with Gasteiger partial charge in [-0.05, 0) is 19.4 Å². The molecule has 1 rings (SSSR count). The van der Waals surface area contributed by atoms with E-state index in [2.05, 4.69) is 0 Å². The average Bonchev–Trinajstić information content (AvgIpc) is 2.17. The van der Waals surface area contributed by atoms with Crippen LogP contribution in [-0.4, -0.2) is 58.0 Å². The van der Waals surface area contributed by atoms with Crippen LogP contribution in [0.5, 0.6) is 0 Å². The van der Waals surface area contributed by atoms with E-state index in [1.807, 2.05) is 0 Å². The Hall–Kier alpha value is -0.180. The Morgan fingerprint density at radius 3 is 2.19 bits per heavy atom. The van der Waals surface area contributed by atoms with Crippen molar-refractivity contribution < 1.29 is 16.8 Å². The van der Waals surface area contributed by atoms with Gasteiger partial charge in [-0.1, -0.05) is 0 Å². The minimum Gasteiger partial charge on any atom is -0.330 e. The summed E-state index contributed by atoms with van der Waals surface area (Å²) in [6, 6.07) is 0. The highest BCUT2D eigenvalue weighted by Crippen LogP contribution is 2.10. The van der Waals surface area contributed by atoms with Gasteiger partial charge in [0.15, 0.2) is 9.84 Å². The highest BCUT2D eigenvalue weighted by atomic mass is 32.2. The monoisotopic (exact) mass is 270 g/mol. The van der Waals surface area contributed by atoms with Crippen LogP contribution in [0, 0.1) is 0 Å². The molecule has 8 heteroatoms. The van der Waals surface area contributed by atoms with Gasteiger partial charge in [0, 0.05) is 13.1 Å². The van der Waals surface area contributed by atoms with Crippen molar-refractivity contribution in [2.75, 3.05) is 36.9 Å². The van der Waals surface area contributed by atoms with Crippen LogP contribution in [0.3, 0.4) is 0 Å². The lowest BCUT2D eigenvalue weighted by atomic mass is 10.3. The molecule has 0 saturated carbocycles. The van der Waals surface area contributed by atoms with Crippen molar-refractivity contribution in [2.45, 2.75) is 12.8 Å². The maximum atomic E-state index is 11.8. The van der Waals surface area contributed by atoms with Gasteiger partial charge in [-0.2, -0.15) is 4.31 Å². The topological polar surface area (TPSA) is 97.5 Å². The summed E-state index contributed by atoms with van der Waals surface area (Å²) in [5, 5.41) is 0. The summed E-state index contributed by atoms with van der Waals surface area (Å²) >= 11 is 0. The third-order valence-electron chi connectivity index (χ3n) is 2.55. The van der Waals surface area contributed by atoms with E-state index in [1.54, 1.807) is 0 Å². The van der Waals surface area contributed by atoms with Crippen LogP contribution >= 0.6 is 0 Å². The van der Waals surface area contributed by atoms with Crippen LogP contribution in [0.25, 0.3) is 0 Å². The van der Waals surface area contributed by atoms with Crippen LogP contribution in [-0.2, 0) is 19.9 Å². The van der Waals surface area contributed by atoms with E-state index >= 15 is 0 Å². The van der Waals surface area contributed by atoms with Crippen molar-refractivity contribution in [1.29, 1.82) is 0 Å². The molecule has 0 aliphatic carbocycles. The molecule has 0 bridgehead atoms. The molecule has 2 N–H and O–H groups in total. The molecule has 0 aromatic heterocycles. The molecular formula is C8H18N2O4S2. The zero-order valence-corrected chi connectivity index (χ0v) is 10.8. The summed E-state index contributed by atoms with van der Waals surface area (Å²) in [6.07, 6.45) is 1.20. The Labute approximate surface area is 96.8 Å². The summed E-state index contributed by atoms with van der Waals surface area (Å²) in [5.41, 5.74) is 5.28. The number of hydrogen-bond donors (Lipinski definition) is 1. The molecule has 1 saturated heterocycles. The number of rotatable bonds is 5. The first-order valence-electron chi connectivity index (χ1n) is 5.26. The van der Waals surface area contributed by atoms with E-state index in [-0.39, 0.29) is 30.3 Å². The summed E-state index contributed by atoms with van der Waals surface area (Å²) in [6.45, 7) is 0.657. The normalized spacial score (nSPS) is 22.1. The molecule has 1 heterocycles. The number of nitrogens with two attached hydrogens (primary N) is 1. The molecule has 16 heavy (non-hydrogen) atoms. The summed E-state index contributed by atoms with van der Waals surface area (Å²) in [5.74, 6) is -0.0729. The van der Waals surface area contributed by atoms with E-state index in [0.717, 1.165) is 0 Å². The first-order valence-corrected chi connectivity index (χ1v) is 8.69. The Bertz CT molecular complexity index is 401. The highest BCUT2D eigenvalue weighted by molar-refractivity contribution is 7.92. The van der Waals surface area contributed by atoms with Gasteiger partial charge < -0.3 is 5.73 Å². The Kier molecular flexibility index (Phi) is 4.72. The van der Waals surface area contributed by atoms with Gasteiger partial charge in [0.25, 0.3) is 0 Å². The second-order valence-electron chi connectivity index (χ2n) is 3.86. The van der Waals surface area contributed by atoms with Gasteiger partial charge >= 0.3 is 0 Å². The quantitative estimate of drug-likeness (QED) is 0.632. The first-order chi connectivity index (χ1) is 7.37. The Morgan fingerprint density at radius 2 is 1.69 bits per heavy atom. The fourth-order valence-corrected chi connectivity index (χ4v) is 4.53. The van der Waals surface area contributed by atoms with Crippen LogP contribution in [0.15, 0.2) is 0 Å². The molecule has 1 aliphatic rings. The molecule has 0 spiro atoms. The summed E-state index contributed by atoms with van der Waals surface area (Å²) in [7, 11) is -6.32. The van der Waals surface area contributed by atoms with Gasteiger partial charge in [0.1, 0.15) is 0 Å². The van der Waals surface area contributed by atoms with E-state index in [4.69, 9.17) is 5.73 Å². The zero-order valence-electron chi connectivity index (χ0n) is 9.13. The number of sulfone groups is 1. The van der Waals surface area contributed by atoms with Crippen molar-refractivity contribution in [3.05, 3.63) is 0 Å². The number of sulfonamides is 1. The van der Waals surface area contributed by atoms with E-state index in [1.165, 1.54) is 4.31 Å². The molecule has 0 aromatic rings. The molecular weight excluding hydrogens is 252 g/mol. The van der Waals surface area contributed by atoms with Gasteiger partial charge in [-0.25, -0.2) is 16.8 Å². The number of nitrogens with zero attached hydrogens (tertiary/aromatic N) is 1. The predicted molar refractivity (Wildman–Crippen MR) is 62.3 cm³/mol. The van der Waals surface area contributed by atoms with Gasteiger partial charge in [-0.15, -0.1) is 0 Å². The Balaban J connectivity index is 2.52. The zero-order chi connectivity index (χ0) is 12.2. The second-order valence-corrected chi connectivity index (χ2v) is 8.25. The minimum absolute atomic E-state index is 0.0598. The molecule has 1 fully saturated rings. The third-order valence-corrected chi connectivity index (χ3v) is 6.12. The molecule has 0 amide bonds. The second kappa shape index (κ2) is 5.44. The number of hydrogen-bond acceptors (Lipinski definition) is 5. The van der Waals surface area contributed by atoms with E-state index in [9.17, 15) is 16.8 Å². The lowest BCUT2D eigenvalue weighted by Crippen LogP contribution is -2.44. The Morgan fingerprint density at radius 1 is 1.12 bits per heavy atom. The summed E-state index contributed by atoms with van der Waals surface area (Å²) in [4.78, 5) is 0. The fourth-order valence-electron chi connectivity index (χ4n) is 1.53. The highest BCUT2D eigenvalue weighted by Gasteiger charge is 2.29. The SMILES string of the molecule is NCCCCS(=O)(=O)N1CCS(=O)(=O)CC1. The van der Waals surface area contributed by atoms with Gasteiger partial charge in [0.2, 0.25) is 10.0 Å². The van der Waals surface area contributed by atoms with Crippen LogP contribution < -0.4 is 5.73 Å². The smallest absolute Gasteiger partial charge is 0.214 e. The summed E-state index contributed by atoms with van der Waals surface area (Å²) < 4.78 is 47.1. The van der Waals surface area contributed by atoms with Crippen LogP contribution in [0.1, 0.15) is 12.8 Å². The third kappa shape index (κ3) is 4.00. The maximum Gasteiger partial charge on any atom is 0.214 e. The fraction of sp³-hybridized carbons (Fsp3) is 1.00. The van der Waals surface area contributed by atoms with Crippen molar-refractivity contribution in [3.63, 3.8) is 0 Å². The van der Waals surface area contributed by atoms with Crippen molar-refractivity contribution in [2.24, 2.45) is 5.73 Å². The van der Waals surface area contributed by atoms with Crippen molar-refractivity contribution in [1.82, 2.24) is 4.31 Å². The van der Waals surface area contributed by atoms with E-state index in [0.29, 0.717) is 19.4 Å². The predicted octanol–water partition coefficient (Wildman–Crippen LogP) is -1.21. The molecule has 0 atom stereocenters. The minimum atomic E-state index is -3.29. The van der Waals surface area contributed by atoms with Gasteiger partial charge in [-0.3, -0.25) is 0 Å². The molecule has 0 unspecified atom stereocenters. The van der Waals surface area contributed by atoms with Crippen molar-refractivity contribution in [3.8, 4) is 0 Å². The molecule has 0 radical (unpaired) electrons. The lowest BCUT2D eigenvalue weighted by Gasteiger charge is -2.25. The standard InChI is InChI=1S/C8H18N2O4S2/c9-3-1-2-6-16(13,14)10-4-7-15(11,12)8-5-10/h1-9H2. The average molecular weight is 270 g/mol. The molecule has 1 aliphatic heterocycles. The maximum absolute atomic E-state index is 11.8. The largest absolute Gasteiger partial charge is 0.330 e. The van der Waals surface area contributed by atoms with E-state index < -0.39 is 19.9 Å². The van der Waals surface area contributed by atoms with Crippen molar-refractivity contribution >= 4 is 19.9 Å². The molecule has 6 nitrogen and oxygen atoms in total. The first kappa shape index (κ1) is 13.9. The molecule has 0 aromatic carbocycles. The molecule has 96 valence electrons. The lowest BCUT2D eigenvalue weighted by molar-refractivity contribution is 0.429. The number of unbranched alkanes of at least 4 members (excludes halogenated alkanes) is 1.